The molecule has 0 aliphatic rings. The second-order valence-electron chi connectivity index (χ2n) is 11.1. The molecule has 0 amide bonds. The van der Waals surface area contributed by atoms with E-state index in [0.29, 0.717) is 23.1 Å². The number of benzene rings is 6. The van der Waals surface area contributed by atoms with Crippen molar-refractivity contribution in [1.82, 2.24) is 19.9 Å². The number of fused-ring (bicyclic) bond motifs is 6. The molecule has 0 bridgehead atoms. The Hall–Kier alpha value is -6.20. The molecular weight excluding hydrogens is 552 g/mol. The summed E-state index contributed by atoms with van der Waals surface area (Å²) in [5, 5.41) is 6.57. The highest BCUT2D eigenvalue weighted by molar-refractivity contribution is 6.18. The monoisotopic (exact) mass is 576 g/mol. The fourth-order valence-electron chi connectivity index (χ4n) is 6.15. The molecule has 45 heavy (non-hydrogen) atoms. The average molecular weight is 577 g/mol. The van der Waals surface area contributed by atoms with E-state index in [2.05, 4.69) is 96.0 Å². The van der Waals surface area contributed by atoms with Gasteiger partial charge in [0.25, 0.3) is 0 Å². The summed E-state index contributed by atoms with van der Waals surface area (Å²) >= 11 is 0. The molecule has 3 aromatic heterocycles. The van der Waals surface area contributed by atoms with E-state index >= 15 is 0 Å². The van der Waals surface area contributed by atoms with E-state index in [1.807, 2.05) is 48.7 Å². The first-order valence-corrected chi connectivity index (χ1v) is 14.9. The van der Waals surface area contributed by atoms with Crippen LogP contribution in [0.3, 0.4) is 0 Å². The largest absolute Gasteiger partial charge is 0.454 e. The summed E-state index contributed by atoms with van der Waals surface area (Å²) in [4.78, 5) is 19.5. The highest BCUT2D eigenvalue weighted by atomic mass is 16.3. The third-order valence-electron chi connectivity index (χ3n) is 8.41. The lowest BCUT2D eigenvalue weighted by Gasteiger charge is -2.10. The van der Waals surface area contributed by atoms with Crippen LogP contribution in [0.4, 0.5) is 0 Å². The van der Waals surface area contributed by atoms with Crippen LogP contribution in [0, 0.1) is 0 Å². The van der Waals surface area contributed by atoms with Crippen molar-refractivity contribution in [3.63, 3.8) is 0 Å². The van der Waals surface area contributed by atoms with E-state index < -0.39 is 0 Å². The zero-order valence-corrected chi connectivity index (χ0v) is 24.1. The molecule has 5 heteroatoms. The van der Waals surface area contributed by atoms with Crippen LogP contribution in [0.5, 0.6) is 0 Å². The third kappa shape index (κ3) is 4.33. The molecule has 0 saturated carbocycles. The van der Waals surface area contributed by atoms with Gasteiger partial charge in [-0.3, -0.25) is 4.98 Å². The summed E-state index contributed by atoms with van der Waals surface area (Å²) in [7, 11) is 0. The summed E-state index contributed by atoms with van der Waals surface area (Å²) in [5.74, 6) is 1.75. The molecule has 5 nitrogen and oxygen atoms in total. The quantitative estimate of drug-likeness (QED) is 0.209. The standard InChI is InChI=1S/C40H24N4O/c1-2-10-28(11-3-1)38-42-39(29-17-14-26(15-18-29)31-19-16-25-8-4-5-12-30(25)22-31)44-40(43-38)34-23-41-24-35-36(34)33-21-20-27-9-6-7-13-32(27)37(33)45-35/h1-24H. The Balaban J connectivity index is 1.21. The first kappa shape index (κ1) is 25.3. The van der Waals surface area contributed by atoms with Crippen molar-refractivity contribution in [2.45, 2.75) is 0 Å². The number of hydrogen-bond donors (Lipinski definition) is 0. The Bertz CT molecular complexity index is 2540. The summed E-state index contributed by atoms with van der Waals surface area (Å²) < 4.78 is 6.41. The minimum absolute atomic E-state index is 0.548. The Labute approximate surface area is 258 Å². The molecule has 0 N–H and O–H groups in total. The Kier molecular flexibility index (Phi) is 5.74. The Morgan fingerprint density at radius 3 is 1.87 bits per heavy atom. The molecule has 0 aliphatic heterocycles. The number of pyridine rings is 1. The van der Waals surface area contributed by atoms with Crippen molar-refractivity contribution < 1.29 is 4.42 Å². The van der Waals surface area contributed by atoms with Crippen molar-refractivity contribution in [3.05, 3.63) is 146 Å². The van der Waals surface area contributed by atoms with Crippen molar-refractivity contribution in [1.29, 1.82) is 0 Å². The molecule has 6 aromatic carbocycles. The van der Waals surface area contributed by atoms with E-state index in [9.17, 15) is 0 Å². The first-order valence-electron chi connectivity index (χ1n) is 14.9. The molecule has 0 unspecified atom stereocenters. The maximum Gasteiger partial charge on any atom is 0.166 e. The second-order valence-corrected chi connectivity index (χ2v) is 11.1. The lowest BCUT2D eigenvalue weighted by molar-refractivity contribution is 0.670. The smallest absolute Gasteiger partial charge is 0.166 e. The fourth-order valence-corrected chi connectivity index (χ4v) is 6.15. The van der Waals surface area contributed by atoms with Gasteiger partial charge in [-0.25, -0.2) is 15.0 Å². The summed E-state index contributed by atoms with van der Waals surface area (Å²) in [6.45, 7) is 0. The number of nitrogens with zero attached hydrogens (tertiary/aromatic N) is 4. The fraction of sp³-hybridized carbons (Fsp3) is 0. The van der Waals surface area contributed by atoms with Gasteiger partial charge in [-0.05, 0) is 39.4 Å². The van der Waals surface area contributed by atoms with Gasteiger partial charge in [-0.2, -0.15) is 0 Å². The average Bonchev–Trinajstić information content (AvgIpc) is 3.51. The summed E-state index contributed by atoms with van der Waals surface area (Å²) in [6, 6.07) is 45.9. The van der Waals surface area contributed by atoms with E-state index in [0.717, 1.165) is 49.4 Å². The summed E-state index contributed by atoms with van der Waals surface area (Å²) in [5.41, 5.74) is 6.45. The highest BCUT2D eigenvalue weighted by Crippen LogP contribution is 2.39. The van der Waals surface area contributed by atoms with Gasteiger partial charge in [0.05, 0.1) is 6.20 Å². The second kappa shape index (κ2) is 10.2. The van der Waals surface area contributed by atoms with Gasteiger partial charge in [-0.1, -0.05) is 121 Å². The molecule has 0 aliphatic carbocycles. The maximum atomic E-state index is 6.41. The Morgan fingerprint density at radius 2 is 1.04 bits per heavy atom. The van der Waals surface area contributed by atoms with Gasteiger partial charge in [0.15, 0.2) is 23.1 Å². The van der Waals surface area contributed by atoms with Gasteiger partial charge in [0.2, 0.25) is 0 Å². The highest BCUT2D eigenvalue weighted by Gasteiger charge is 2.19. The van der Waals surface area contributed by atoms with Crippen LogP contribution in [-0.4, -0.2) is 19.9 Å². The number of hydrogen-bond acceptors (Lipinski definition) is 5. The zero-order chi connectivity index (χ0) is 29.7. The minimum atomic E-state index is 0.548. The molecular formula is C40H24N4O. The zero-order valence-electron chi connectivity index (χ0n) is 24.1. The minimum Gasteiger partial charge on any atom is -0.454 e. The van der Waals surface area contributed by atoms with Crippen molar-refractivity contribution >= 4 is 43.5 Å². The third-order valence-corrected chi connectivity index (χ3v) is 8.41. The molecule has 9 rings (SSSR count). The van der Waals surface area contributed by atoms with E-state index in [4.69, 9.17) is 19.4 Å². The van der Waals surface area contributed by atoms with Gasteiger partial charge in [-0.15, -0.1) is 0 Å². The van der Waals surface area contributed by atoms with Gasteiger partial charge in [0.1, 0.15) is 5.58 Å². The number of furan rings is 1. The van der Waals surface area contributed by atoms with Crippen LogP contribution in [-0.2, 0) is 0 Å². The predicted molar refractivity (Wildman–Crippen MR) is 182 cm³/mol. The summed E-state index contributed by atoms with van der Waals surface area (Å²) in [6.07, 6.45) is 3.59. The van der Waals surface area contributed by atoms with E-state index in [1.165, 1.54) is 16.3 Å². The number of aromatic nitrogens is 4. The van der Waals surface area contributed by atoms with Crippen molar-refractivity contribution in [3.8, 4) is 45.3 Å². The van der Waals surface area contributed by atoms with Crippen molar-refractivity contribution in [2.24, 2.45) is 0 Å². The van der Waals surface area contributed by atoms with Crippen LogP contribution < -0.4 is 0 Å². The lowest BCUT2D eigenvalue weighted by atomic mass is 10.00. The lowest BCUT2D eigenvalue weighted by Crippen LogP contribution is -2.00. The SMILES string of the molecule is c1ccc(-c2nc(-c3ccc(-c4ccc5ccccc5c4)cc3)nc(-c3cncc4oc5c6ccccc6ccc5c34)n2)cc1. The molecule has 3 heterocycles. The molecule has 0 atom stereocenters. The van der Waals surface area contributed by atoms with E-state index in [1.54, 1.807) is 6.20 Å². The van der Waals surface area contributed by atoms with E-state index in [-0.39, 0.29) is 0 Å². The van der Waals surface area contributed by atoms with Crippen LogP contribution in [0.25, 0.3) is 88.8 Å². The van der Waals surface area contributed by atoms with Crippen LogP contribution in [0.15, 0.2) is 150 Å². The molecule has 0 saturated heterocycles. The molecule has 0 fully saturated rings. The molecule has 0 radical (unpaired) electrons. The van der Waals surface area contributed by atoms with Crippen LogP contribution >= 0.6 is 0 Å². The predicted octanol–water partition coefficient (Wildman–Crippen LogP) is 10.1. The van der Waals surface area contributed by atoms with Gasteiger partial charge >= 0.3 is 0 Å². The van der Waals surface area contributed by atoms with Crippen molar-refractivity contribution in [2.75, 3.05) is 0 Å². The Morgan fingerprint density at radius 1 is 0.422 bits per heavy atom. The maximum absolute atomic E-state index is 6.41. The first-order chi connectivity index (χ1) is 22.3. The number of rotatable bonds is 4. The van der Waals surface area contributed by atoms with Crippen LogP contribution in [0.2, 0.25) is 0 Å². The normalized spacial score (nSPS) is 11.6. The molecule has 0 spiro atoms. The molecule has 9 aromatic rings. The molecule has 210 valence electrons. The van der Waals surface area contributed by atoms with Gasteiger partial charge < -0.3 is 4.42 Å². The van der Waals surface area contributed by atoms with Crippen LogP contribution in [0.1, 0.15) is 0 Å². The topological polar surface area (TPSA) is 64.7 Å². The van der Waals surface area contributed by atoms with Gasteiger partial charge in [0, 0.05) is 39.0 Å².